The number of methoxy groups -OCH3 is 1. The van der Waals surface area contributed by atoms with Crippen LogP contribution >= 0.6 is 11.3 Å². The molecule has 0 spiro atoms. The monoisotopic (exact) mass is 494 g/mol. The number of amides is 1. The van der Waals surface area contributed by atoms with Gasteiger partial charge in [0.25, 0.3) is 10.0 Å². The molecule has 1 aromatic heterocycles. The van der Waals surface area contributed by atoms with Crippen LogP contribution < -0.4 is 14.4 Å². The number of ether oxygens (including phenoxy) is 1. The molecule has 0 aliphatic carbocycles. The molecule has 0 atom stereocenters. The first-order valence-corrected chi connectivity index (χ1v) is 12.6. The summed E-state index contributed by atoms with van der Waals surface area (Å²) < 4.78 is 33.5. The van der Waals surface area contributed by atoms with Crippen LogP contribution in [0.5, 0.6) is 5.75 Å². The van der Waals surface area contributed by atoms with E-state index in [9.17, 15) is 13.2 Å². The molecule has 1 N–H and O–H groups in total. The number of anilines is 2. The number of sulfonamides is 1. The maximum absolute atomic E-state index is 13.6. The Hall–Kier alpha value is -3.76. The molecule has 34 heavy (non-hydrogen) atoms. The van der Waals surface area contributed by atoms with E-state index in [1.54, 1.807) is 36.4 Å². The van der Waals surface area contributed by atoms with Crippen molar-refractivity contribution in [1.29, 1.82) is 0 Å². The second kappa shape index (κ2) is 10.0. The minimum absolute atomic E-state index is 0.0686. The minimum Gasteiger partial charge on any atom is -0.495 e. The van der Waals surface area contributed by atoms with E-state index in [0.29, 0.717) is 10.8 Å². The molecule has 0 radical (unpaired) electrons. The summed E-state index contributed by atoms with van der Waals surface area (Å²) >= 11 is 1.20. The highest BCUT2D eigenvalue weighted by atomic mass is 32.2. The Morgan fingerprint density at radius 1 is 0.971 bits per heavy atom. The molecule has 4 aromatic rings. The highest BCUT2D eigenvalue weighted by Crippen LogP contribution is 2.32. The fourth-order valence-electron chi connectivity index (χ4n) is 3.23. The van der Waals surface area contributed by atoms with Crippen molar-refractivity contribution in [2.45, 2.75) is 11.8 Å². The molecule has 0 aliphatic rings. The molecule has 0 unspecified atom stereocenters. The van der Waals surface area contributed by atoms with E-state index in [-0.39, 0.29) is 15.7 Å². The third-order valence-corrected chi connectivity index (χ3v) is 7.60. The molecule has 8 nitrogen and oxygen atoms in total. The second-order valence-electron chi connectivity index (χ2n) is 7.32. The number of benzene rings is 3. The SMILES string of the molecule is COc1ccccc1N(CC(=O)Nc1nnc(-c2ccccc2)s1)S(=O)(=O)c1ccc(C)cc1. The maximum Gasteiger partial charge on any atom is 0.264 e. The van der Waals surface area contributed by atoms with Gasteiger partial charge < -0.3 is 4.74 Å². The van der Waals surface area contributed by atoms with Gasteiger partial charge in [-0.2, -0.15) is 0 Å². The van der Waals surface area contributed by atoms with Crippen LogP contribution in [0.25, 0.3) is 10.6 Å². The quantitative estimate of drug-likeness (QED) is 0.391. The van der Waals surface area contributed by atoms with E-state index >= 15 is 0 Å². The lowest BCUT2D eigenvalue weighted by Crippen LogP contribution is -2.38. The van der Waals surface area contributed by atoms with Gasteiger partial charge in [-0.15, -0.1) is 10.2 Å². The molecule has 1 heterocycles. The van der Waals surface area contributed by atoms with Gasteiger partial charge >= 0.3 is 0 Å². The lowest BCUT2D eigenvalue weighted by atomic mass is 10.2. The van der Waals surface area contributed by atoms with Crippen molar-refractivity contribution in [3.8, 4) is 16.3 Å². The van der Waals surface area contributed by atoms with E-state index < -0.39 is 22.5 Å². The number of rotatable bonds is 8. The summed E-state index contributed by atoms with van der Waals surface area (Å²) in [6.07, 6.45) is 0. The van der Waals surface area contributed by atoms with E-state index in [1.165, 1.54) is 30.6 Å². The standard InChI is InChI=1S/C24H22N4O4S2/c1-17-12-14-19(15-13-17)34(30,31)28(20-10-6-7-11-21(20)32-2)16-22(29)25-24-27-26-23(33-24)18-8-4-3-5-9-18/h3-15H,16H2,1-2H3,(H,25,27,29). The first-order chi connectivity index (χ1) is 16.4. The summed E-state index contributed by atoms with van der Waals surface area (Å²) in [6.45, 7) is 1.39. The van der Waals surface area contributed by atoms with Gasteiger partial charge in [0, 0.05) is 5.56 Å². The Bertz CT molecular complexity index is 1390. The highest BCUT2D eigenvalue weighted by molar-refractivity contribution is 7.92. The Kier molecular flexibility index (Phi) is 6.90. The Labute approximate surface area is 201 Å². The third-order valence-electron chi connectivity index (χ3n) is 4.94. The van der Waals surface area contributed by atoms with Gasteiger partial charge in [0.2, 0.25) is 11.0 Å². The van der Waals surface area contributed by atoms with Crippen molar-refractivity contribution in [1.82, 2.24) is 10.2 Å². The second-order valence-corrected chi connectivity index (χ2v) is 10.2. The molecule has 3 aromatic carbocycles. The molecule has 0 saturated carbocycles. The molecule has 0 aliphatic heterocycles. The van der Waals surface area contributed by atoms with E-state index in [0.717, 1.165) is 15.4 Å². The highest BCUT2D eigenvalue weighted by Gasteiger charge is 2.29. The number of para-hydroxylation sites is 2. The van der Waals surface area contributed by atoms with Crippen molar-refractivity contribution in [3.63, 3.8) is 0 Å². The number of aryl methyl sites for hydroxylation is 1. The van der Waals surface area contributed by atoms with Crippen LogP contribution in [0.15, 0.2) is 83.8 Å². The molecule has 0 saturated heterocycles. The summed E-state index contributed by atoms with van der Waals surface area (Å²) in [5.41, 5.74) is 2.05. The number of carbonyl (C=O) groups excluding carboxylic acids is 1. The van der Waals surface area contributed by atoms with E-state index in [4.69, 9.17) is 4.74 Å². The van der Waals surface area contributed by atoms with Crippen molar-refractivity contribution >= 4 is 38.1 Å². The van der Waals surface area contributed by atoms with Gasteiger partial charge in [0.05, 0.1) is 17.7 Å². The number of carbonyl (C=O) groups is 1. The molecule has 10 heteroatoms. The molecule has 4 rings (SSSR count). The Balaban J connectivity index is 1.63. The zero-order valence-electron chi connectivity index (χ0n) is 18.5. The normalized spacial score (nSPS) is 11.1. The van der Waals surface area contributed by atoms with Crippen LogP contribution in [0.2, 0.25) is 0 Å². The zero-order valence-corrected chi connectivity index (χ0v) is 20.1. The first-order valence-electron chi connectivity index (χ1n) is 10.3. The van der Waals surface area contributed by atoms with Gasteiger partial charge in [0.1, 0.15) is 17.3 Å². The Morgan fingerprint density at radius 3 is 2.35 bits per heavy atom. The lowest BCUT2D eigenvalue weighted by molar-refractivity contribution is -0.114. The smallest absolute Gasteiger partial charge is 0.264 e. The number of aromatic nitrogens is 2. The van der Waals surface area contributed by atoms with Crippen molar-refractivity contribution in [2.24, 2.45) is 0 Å². The fourth-order valence-corrected chi connectivity index (χ4v) is 5.43. The summed E-state index contributed by atoms with van der Waals surface area (Å²) in [4.78, 5) is 13.0. The van der Waals surface area contributed by atoms with Crippen LogP contribution in [0, 0.1) is 6.92 Å². The average Bonchev–Trinajstić information content (AvgIpc) is 3.31. The number of nitrogens with zero attached hydrogens (tertiary/aromatic N) is 3. The summed E-state index contributed by atoms with van der Waals surface area (Å²) in [5.74, 6) is -0.231. The Morgan fingerprint density at radius 2 is 1.65 bits per heavy atom. The third kappa shape index (κ3) is 5.08. The predicted octanol–water partition coefficient (Wildman–Crippen LogP) is 4.36. The number of nitrogens with one attached hydrogen (secondary N) is 1. The van der Waals surface area contributed by atoms with Crippen LogP contribution in [-0.4, -0.2) is 38.2 Å². The molecular formula is C24H22N4O4S2. The lowest BCUT2D eigenvalue weighted by Gasteiger charge is -2.25. The van der Waals surface area contributed by atoms with Crippen LogP contribution in [0.1, 0.15) is 5.56 Å². The van der Waals surface area contributed by atoms with Crippen LogP contribution in [0.3, 0.4) is 0 Å². The van der Waals surface area contributed by atoms with Crippen LogP contribution in [0.4, 0.5) is 10.8 Å². The maximum atomic E-state index is 13.6. The fraction of sp³-hybridized carbons (Fsp3) is 0.125. The van der Waals surface area contributed by atoms with Gasteiger partial charge in [-0.25, -0.2) is 8.42 Å². The predicted molar refractivity (Wildman–Crippen MR) is 133 cm³/mol. The van der Waals surface area contributed by atoms with E-state index in [1.807, 2.05) is 37.3 Å². The van der Waals surface area contributed by atoms with Crippen molar-refractivity contribution in [2.75, 3.05) is 23.3 Å². The average molecular weight is 495 g/mol. The number of hydrogen-bond donors (Lipinski definition) is 1. The molecule has 0 fully saturated rings. The van der Waals surface area contributed by atoms with Crippen LogP contribution in [-0.2, 0) is 14.8 Å². The van der Waals surface area contributed by atoms with Gasteiger partial charge in [-0.3, -0.25) is 14.4 Å². The van der Waals surface area contributed by atoms with Gasteiger partial charge in [-0.1, -0.05) is 71.5 Å². The zero-order chi connectivity index (χ0) is 24.1. The summed E-state index contributed by atoms with van der Waals surface area (Å²) in [5, 5.41) is 11.7. The molecule has 0 bridgehead atoms. The molecule has 1 amide bonds. The topological polar surface area (TPSA) is 101 Å². The van der Waals surface area contributed by atoms with E-state index in [2.05, 4.69) is 15.5 Å². The van der Waals surface area contributed by atoms with Gasteiger partial charge in [0.15, 0.2) is 0 Å². The number of hydrogen-bond acceptors (Lipinski definition) is 7. The van der Waals surface area contributed by atoms with Crippen molar-refractivity contribution < 1.29 is 17.9 Å². The minimum atomic E-state index is -4.07. The largest absolute Gasteiger partial charge is 0.495 e. The summed E-state index contributed by atoms with van der Waals surface area (Å²) in [7, 11) is -2.62. The molecular weight excluding hydrogens is 472 g/mol. The van der Waals surface area contributed by atoms with Gasteiger partial charge in [-0.05, 0) is 31.2 Å². The summed E-state index contributed by atoms with van der Waals surface area (Å²) in [6, 6.07) is 22.5. The first kappa shape index (κ1) is 23.4. The van der Waals surface area contributed by atoms with Crippen molar-refractivity contribution in [3.05, 3.63) is 84.4 Å². The molecule has 174 valence electrons.